The average Bonchev–Trinajstić information content (AvgIpc) is 3.35. The minimum absolute atomic E-state index is 0.128. The zero-order chi connectivity index (χ0) is 21.8. The second kappa shape index (κ2) is 9.36. The van der Waals surface area contributed by atoms with E-state index in [0.717, 1.165) is 21.9 Å². The lowest BCUT2D eigenvalue weighted by Gasteiger charge is -2.04. The van der Waals surface area contributed by atoms with E-state index in [1.807, 2.05) is 43.5 Å². The fourth-order valence-electron chi connectivity index (χ4n) is 3.06. The van der Waals surface area contributed by atoms with E-state index in [-0.39, 0.29) is 18.1 Å². The van der Waals surface area contributed by atoms with Crippen molar-refractivity contribution in [1.29, 1.82) is 0 Å². The lowest BCUT2D eigenvalue weighted by Crippen LogP contribution is -2.14. The molecule has 0 radical (unpaired) electrons. The molecule has 8 heteroatoms. The third kappa shape index (κ3) is 5.15. The predicted octanol–water partition coefficient (Wildman–Crippen LogP) is 5.96. The van der Waals surface area contributed by atoms with Crippen LogP contribution in [0.25, 0.3) is 21.8 Å². The molecular formula is C23H20FN3O2S2. The Morgan fingerprint density at radius 3 is 2.68 bits per heavy atom. The minimum Gasteiger partial charge on any atom is -0.494 e. The van der Waals surface area contributed by atoms with Gasteiger partial charge in [-0.15, -0.1) is 22.7 Å². The van der Waals surface area contributed by atoms with Crippen LogP contribution in [0, 0.1) is 12.7 Å². The highest BCUT2D eigenvalue weighted by Crippen LogP contribution is 2.31. The van der Waals surface area contributed by atoms with Crippen molar-refractivity contribution in [2.45, 2.75) is 20.3 Å². The van der Waals surface area contributed by atoms with Crippen LogP contribution in [0.4, 0.5) is 9.52 Å². The molecule has 0 saturated carbocycles. The van der Waals surface area contributed by atoms with Crippen LogP contribution < -0.4 is 10.1 Å². The summed E-state index contributed by atoms with van der Waals surface area (Å²) in [4.78, 5) is 22.6. The van der Waals surface area contributed by atoms with E-state index in [0.29, 0.717) is 28.0 Å². The molecule has 0 spiro atoms. The maximum Gasteiger partial charge on any atom is 0.232 e. The van der Waals surface area contributed by atoms with E-state index in [1.54, 1.807) is 12.1 Å². The van der Waals surface area contributed by atoms with E-state index >= 15 is 0 Å². The molecule has 0 unspecified atom stereocenters. The summed E-state index contributed by atoms with van der Waals surface area (Å²) in [6, 6.07) is 14.0. The highest BCUT2D eigenvalue weighted by Gasteiger charge is 2.14. The highest BCUT2D eigenvalue weighted by atomic mass is 32.1. The first-order valence-electron chi connectivity index (χ1n) is 9.72. The van der Waals surface area contributed by atoms with Crippen molar-refractivity contribution < 1.29 is 13.9 Å². The lowest BCUT2D eigenvalue weighted by atomic mass is 10.1. The number of nitrogens with zero attached hydrogens (tertiary/aromatic N) is 2. The maximum absolute atomic E-state index is 13.4. The Balaban J connectivity index is 1.42. The molecule has 2 aromatic carbocycles. The van der Waals surface area contributed by atoms with Gasteiger partial charge in [0.15, 0.2) is 5.13 Å². The van der Waals surface area contributed by atoms with Gasteiger partial charge in [0.25, 0.3) is 0 Å². The maximum atomic E-state index is 13.4. The number of hydrogen-bond acceptors (Lipinski definition) is 6. The highest BCUT2D eigenvalue weighted by molar-refractivity contribution is 7.16. The van der Waals surface area contributed by atoms with Crippen LogP contribution in [0.5, 0.6) is 5.75 Å². The van der Waals surface area contributed by atoms with E-state index < -0.39 is 0 Å². The van der Waals surface area contributed by atoms with Crippen molar-refractivity contribution in [1.82, 2.24) is 9.97 Å². The zero-order valence-electron chi connectivity index (χ0n) is 17.0. The summed E-state index contributed by atoms with van der Waals surface area (Å²) in [5.41, 5.74) is 3.15. The van der Waals surface area contributed by atoms with Crippen LogP contribution in [0.2, 0.25) is 0 Å². The molecule has 0 bridgehead atoms. The molecule has 0 fully saturated rings. The Labute approximate surface area is 187 Å². The summed E-state index contributed by atoms with van der Waals surface area (Å²) in [5, 5.41) is 5.91. The second-order valence-corrected chi connectivity index (χ2v) is 8.82. The van der Waals surface area contributed by atoms with Gasteiger partial charge < -0.3 is 10.1 Å². The molecule has 0 aliphatic carbocycles. The van der Waals surface area contributed by atoms with E-state index in [9.17, 15) is 9.18 Å². The number of amides is 1. The van der Waals surface area contributed by atoms with E-state index in [4.69, 9.17) is 4.74 Å². The molecule has 4 rings (SSSR count). The second-order valence-electron chi connectivity index (χ2n) is 6.76. The molecule has 2 heterocycles. The Kier molecular flexibility index (Phi) is 6.39. The number of carbonyl (C=O) groups is 1. The Bertz CT molecular complexity index is 1200. The predicted molar refractivity (Wildman–Crippen MR) is 123 cm³/mol. The normalized spacial score (nSPS) is 10.8. The van der Waals surface area contributed by atoms with Gasteiger partial charge in [0.1, 0.15) is 16.6 Å². The van der Waals surface area contributed by atoms with Gasteiger partial charge in [-0.25, -0.2) is 14.4 Å². The number of thiazole rings is 2. The third-order valence-corrected chi connectivity index (χ3v) is 6.27. The first-order chi connectivity index (χ1) is 15.0. The van der Waals surface area contributed by atoms with E-state index in [2.05, 4.69) is 15.3 Å². The topological polar surface area (TPSA) is 64.1 Å². The quantitative estimate of drug-likeness (QED) is 0.375. The molecule has 4 aromatic rings. The summed E-state index contributed by atoms with van der Waals surface area (Å²) in [5.74, 6) is 0.311. The summed E-state index contributed by atoms with van der Waals surface area (Å²) in [6.45, 7) is 4.54. The van der Waals surface area contributed by atoms with Gasteiger partial charge in [-0.1, -0.05) is 12.1 Å². The molecule has 0 aliphatic rings. The molecule has 1 amide bonds. The number of hydrogen-bond donors (Lipinski definition) is 1. The first-order valence-corrected chi connectivity index (χ1v) is 11.4. The molecule has 2 aromatic heterocycles. The van der Waals surface area contributed by atoms with Gasteiger partial charge in [0.2, 0.25) is 5.91 Å². The number of anilines is 1. The van der Waals surface area contributed by atoms with Crippen LogP contribution in [0.15, 0.2) is 53.9 Å². The molecule has 31 heavy (non-hydrogen) atoms. The number of halogens is 1. The van der Waals surface area contributed by atoms with Crippen molar-refractivity contribution in [2.24, 2.45) is 0 Å². The van der Waals surface area contributed by atoms with Crippen LogP contribution >= 0.6 is 22.7 Å². The number of nitrogens with one attached hydrogen (secondary N) is 1. The third-order valence-electron chi connectivity index (χ3n) is 4.45. The fourth-order valence-corrected chi connectivity index (χ4v) is 4.73. The number of rotatable bonds is 7. The number of benzene rings is 2. The number of carbonyl (C=O) groups excluding carboxylic acids is 1. The summed E-state index contributed by atoms with van der Waals surface area (Å²) in [6.07, 6.45) is 0.128. The summed E-state index contributed by atoms with van der Waals surface area (Å²) in [7, 11) is 0. The Morgan fingerprint density at radius 2 is 1.94 bits per heavy atom. The molecular weight excluding hydrogens is 433 g/mol. The molecule has 0 aliphatic heterocycles. The van der Waals surface area contributed by atoms with Crippen molar-refractivity contribution >= 4 is 33.7 Å². The standard InChI is InChI=1S/C23H20FN3O2S2/c1-3-29-19-9-7-15(8-10-19)21-14(2)31-23(27-21)26-20(28)12-18-13-30-22(25-18)16-5-4-6-17(24)11-16/h4-11,13H,3,12H2,1-2H3,(H,26,27,28). The average molecular weight is 454 g/mol. The van der Waals surface area contributed by atoms with Gasteiger partial charge in [0.05, 0.1) is 24.4 Å². The molecule has 0 saturated heterocycles. The summed E-state index contributed by atoms with van der Waals surface area (Å²) >= 11 is 2.82. The monoisotopic (exact) mass is 453 g/mol. The van der Waals surface area contributed by atoms with Crippen LogP contribution in [0.3, 0.4) is 0 Å². The Hall–Kier alpha value is -3.10. The molecule has 5 nitrogen and oxygen atoms in total. The zero-order valence-corrected chi connectivity index (χ0v) is 18.6. The fraction of sp³-hybridized carbons (Fsp3) is 0.174. The van der Waals surface area contributed by atoms with Gasteiger partial charge in [0, 0.05) is 21.4 Å². The van der Waals surface area contributed by atoms with Gasteiger partial charge in [-0.3, -0.25) is 4.79 Å². The van der Waals surface area contributed by atoms with E-state index in [1.165, 1.54) is 34.8 Å². The Morgan fingerprint density at radius 1 is 1.13 bits per heavy atom. The van der Waals surface area contributed by atoms with Crippen molar-refractivity contribution in [2.75, 3.05) is 11.9 Å². The van der Waals surface area contributed by atoms with Crippen molar-refractivity contribution in [3.05, 3.63) is 70.3 Å². The first kappa shape index (κ1) is 21.1. The van der Waals surface area contributed by atoms with Crippen LogP contribution in [-0.2, 0) is 11.2 Å². The SMILES string of the molecule is CCOc1ccc(-c2nc(NC(=O)Cc3csc(-c4cccc(F)c4)n3)sc2C)cc1. The molecule has 158 valence electrons. The van der Waals surface area contributed by atoms with Gasteiger partial charge in [-0.2, -0.15) is 0 Å². The van der Waals surface area contributed by atoms with Gasteiger partial charge >= 0.3 is 0 Å². The lowest BCUT2D eigenvalue weighted by molar-refractivity contribution is -0.115. The number of ether oxygens (including phenoxy) is 1. The summed E-state index contributed by atoms with van der Waals surface area (Å²) < 4.78 is 18.9. The van der Waals surface area contributed by atoms with Crippen molar-refractivity contribution in [3.63, 3.8) is 0 Å². The molecule has 0 atom stereocenters. The number of aryl methyl sites for hydroxylation is 1. The van der Waals surface area contributed by atoms with Gasteiger partial charge in [-0.05, 0) is 50.2 Å². The number of aromatic nitrogens is 2. The van der Waals surface area contributed by atoms with Crippen LogP contribution in [-0.4, -0.2) is 22.5 Å². The minimum atomic E-state index is -0.311. The largest absolute Gasteiger partial charge is 0.494 e. The van der Waals surface area contributed by atoms with Crippen molar-refractivity contribution in [3.8, 4) is 27.6 Å². The van der Waals surface area contributed by atoms with Crippen LogP contribution in [0.1, 0.15) is 17.5 Å². The molecule has 1 N–H and O–H groups in total. The smallest absolute Gasteiger partial charge is 0.232 e.